The van der Waals surface area contributed by atoms with Crippen molar-refractivity contribution >= 4 is 23.1 Å². The Labute approximate surface area is 192 Å². The second-order valence-corrected chi connectivity index (χ2v) is 7.62. The van der Waals surface area contributed by atoms with Crippen LogP contribution in [0.1, 0.15) is 16.1 Å². The van der Waals surface area contributed by atoms with Crippen molar-refractivity contribution in [3.05, 3.63) is 72.2 Å². The lowest BCUT2D eigenvalue weighted by molar-refractivity contribution is -0.137. The molecular formula is C23H19F3N6O2. The maximum atomic E-state index is 13.5. The summed E-state index contributed by atoms with van der Waals surface area (Å²) in [5.74, 6) is 0.188. The van der Waals surface area contributed by atoms with Gasteiger partial charge in [-0.2, -0.15) is 18.3 Å². The SMILES string of the molecule is O=C(Nc1cnn2ccc(-c3ccccc3C(F)(F)F)nc12)c1cccc(N2CCOCC2)n1. The normalized spacial score (nSPS) is 14.4. The Kier molecular flexibility index (Phi) is 5.62. The van der Waals surface area contributed by atoms with Gasteiger partial charge in [0.15, 0.2) is 5.65 Å². The summed E-state index contributed by atoms with van der Waals surface area (Å²) in [4.78, 5) is 23.7. The molecule has 0 unspecified atom stereocenters. The summed E-state index contributed by atoms with van der Waals surface area (Å²) in [6.07, 6.45) is -1.64. The molecule has 0 atom stereocenters. The second-order valence-electron chi connectivity index (χ2n) is 7.62. The number of hydrogen-bond acceptors (Lipinski definition) is 6. The van der Waals surface area contributed by atoms with Crippen LogP contribution in [0.25, 0.3) is 16.9 Å². The number of morpholine rings is 1. The zero-order valence-electron chi connectivity index (χ0n) is 17.8. The van der Waals surface area contributed by atoms with Crippen LogP contribution in [0.4, 0.5) is 24.7 Å². The maximum absolute atomic E-state index is 13.5. The van der Waals surface area contributed by atoms with Gasteiger partial charge in [0, 0.05) is 24.8 Å². The summed E-state index contributed by atoms with van der Waals surface area (Å²) >= 11 is 0. The minimum atomic E-state index is -4.53. The van der Waals surface area contributed by atoms with E-state index in [0.29, 0.717) is 32.1 Å². The van der Waals surface area contributed by atoms with Crippen LogP contribution in [0, 0.1) is 0 Å². The van der Waals surface area contributed by atoms with Gasteiger partial charge in [-0.15, -0.1) is 0 Å². The highest BCUT2D eigenvalue weighted by molar-refractivity contribution is 6.04. The van der Waals surface area contributed by atoms with Gasteiger partial charge in [0.25, 0.3) is 5.91 Å². The minimum absolute atomic E-state index is 0.0594. The number of halogens is 3. The van der Waals surface area contributed by atoms with E-state index in [9.17, 15) is 18.0 Å². The Hall–Kier alpha value is -3.99. The summed E-state index contributed by atoms with van der Waals surface area (Å²) < 4.78 is 47.2. The Morgan fingerprint density at radius 2 is 1.79 bits per heavy atom. The van der Waals surface area contributed by atoms with Crippen molar-refractivity contribution in [3.63, 3.8) is 0 Å². The fraction of sp³-hybridized carbons (Fsp3) is 0.217. The molecule has 34 heavy (non-hydrogen) atoms. The molecule has 8 nitrogen and oxygen atoms in total. The van der Waals surface area contributed by atoms with Gasteiger partial charge >= 0.3 is 6.18 Å². The van der Waals surface area contributed by atoms with E-state index >= 15 is 0 Å². The topological polar surface area (TPSA) is 84.7 Å². The summed E-state index contributed by atoms with van der Waals surface area (Å²) in [6.45, 7) is 2.54. The number of nitrogens with one attached hydrogen (secondary N) is 1. The van der Waals surface area contributed by atoms with Gasteiger partial charge in [-0.1, -0.05) is 24.3 Å². The van der Waals surface area contributed by atoms with Crippen molar-refractivity contribution in [3.8, 4) is 11.3 Å². The number of hydrogen-bond donors (Lipinski definition) is 1. The predicted octanol–water partition coefficient (Wildman–Crippen LogP) is 3.90. The van der Waals surface area contributed by atoms with Crippen LogP contribution in [0.15, 0.2) is 60.9 Å². The van der Waals surface area contributed by atoms with Crippen LogP contribution in [0.5, 0.6) is 0 Å². The van der Waals surface area contributed by atoms with Crippen molar-refractivity contribution < 1.29 is 22.7 Å². The van der Waals surface area contributed by atoms with E-state index in [1.54, 1.807) is 12.1 Å². The summed E-state index contributed by atoms with van der Waals surface area (Å²) in [5, 5.41) is 6.86. The number of carbonyl (C=O) groups is 1. The van der Waals surface area contributed by atoms with Crippen LogP contribution < -0.4 is 10.2 Å². The first-order valence-corrected chi connectivity index (χ1v) is 10.5. The lowest BCUT2D eigenvalue weighted by Crippen LogP contribution is -2.37. The molecule has 1 fully saturated rings. The molecule has 1 aliphatic rings. The molecule has 4 heterocycles. The molecule has 1 amide bonds. The first-order chi connectivity index (χ1) is 16.4. The van der Waals surface area contributed by atoms with Crippen LogP contribution in [0.2, 0.25) is 0 Å². The molecule has 174 valence electrons. The Morgan fingerprint density at radius 1 is 1.00 bits per heavy atom. The number of amides is 1. The Balaban J connectivity index is 1.44. The van der Waals surface area contributed by atoms with Gasteiger partial charge in [-0.25, -0.2) is 14.5 Å². The van der Waals surface area contributed by atoms with Gasteiger partial charge in [-0.3, -0.25) is 4.79 Å². The fourth-order valence-corrected chi connectivity index (χ4v) is 3.77. The van der Waals surface area contributed by atoms with E-state index in [0.717, 1.165) is 6.07 Å². The molecule has 11 heteroatoms. The van der Waals surface area contributed by atoms with E-state index in [4.69, 9.17) is 4.74 Å². The molecule has 1 saturated heterocycles. The van der Waals surface area contributed by atoms with E-state index in [1.807, 2.05) is 11.0 Å². The van der Waals surface area contributed by atoms with Crippen molar-refractivity contribution in [1.29, 1.82) is 0 Å². The van der Waals surface area contributed by atoms with Gasteiger partial charge in [0.1, 0.15) is 17.2 Å². The molecule has 1 N–H and O–H groups in total. The Morgan fingerprint density at radius 3 is 2.59 bits per heavy atom. The standard InChI is InChI=1S/C23H19F3N6O2/c24-23(25,26)16-5-2-1-4-15(16)17-8-9-32-21(29-17)19(14-27-32)30-22(33)18-6-3-7-20(28-18)31-10-12-34-13-11-31/h1-9,14H,10-13H2,(H,30,33). The van der Waals surface area contributed by atoms with Gasteiger partial charge < -0.3 is 15.0 Å². The molecule has 0 radical (unpaired) electrons. The van der Waals surface area contributed by atoms with Crippen molar-refractivity contribution in [2.24, 2.45) is 0 Å². The van der Waals surface area contributed by atoms with Gasteiger partial charge in [0.05, 0.1) is 30.7 Å². The van der Waals surface area contributed by atoms with Crippen LogP contribution in [-0.4, -0.2) is 51.8 Å². The average Bonchev–Trinajstić information content (AvgIpc) is 3.26. The number of ether oxygens (including phenoxy) is 1. The summed E-state index contributed by atoms with van der Waals surface area (Å²) in [7, 11) is 0. The van der Waals surface area contributed by atoms with Gasteiger partial charge in [-0.05, 0) is 24.3 Å². The van der Waals surface area contributed by atoms with Gasteiger partial charge in [0.2, 0.25) is 0 Å². The van der Waals surface area contributed by atoms with E-state index in [-0.39, 0.29) is 28.3 Å². The predicted molar refractivity (Wildman–Crippen MR) is 119 cm³/mol. The number of carbonyl (C=O) groups excluding carboxylic acids is 1. The van der Waals surface area contributed by atoms with E-state index in [2.05, 4.69) is 20.4 Å². The molecule has 0 saturated carbocycles. The molecule has 4 aromatic rings. The molecule has 1 aromatic carbocycles. The van der Waals surface area contributed by atoms with Crippen molar-refractivity contribution in [1.82, 2.24) is 19.6 Å². The highest BCUT2D eigenvalue weighted by Crippen LogP contribution is 2.36. The largest absolute Gasteiger partial charge is 0.417 e. The third kappa shape index (κ3) is 4.29. The monoisotopic (exact) mass is 468 g/mol. The number of benzene rings is 1. The lowest BCUT2D eigenvalue weighted by Gasteiger charge is -2.27. The number of rotatable bonds is 4. The summed E-state index contributed by atoms with van der Waals surface area (Å²) in [6, 6.07) is 11.8. The molecule has 3 aromatic heterocycles. The number of aromatic nitrogens is 4. The zero-order valence-corrected chi connectivity index (χ0v) is 17.8. The highest BCUT2D eigenvalue weighted by atomic mass is 19.4. The third-order valence-electron chi connectivity index (χ3n) is 5.43. The number of anilines is 2. The lowest BCUT2D eigenvalue weighted by atomic mass is 10.0. The average molecular weight is 468 g/mol. The van der Waals surface area contributed by atoms with Crippen LogP contribution in [0.3, 0.4) is 0 Å². The van der Waals surface area contributed by atoms with Crippen LogP contribution in [-0.2, 0) is 10.9 Å². The summed E-state index contributed by atoms with van der Waals surface area (Å²) in [5.41, 5.74) is -0.0650. The molecule has 0 spiro atoms. The second kappa shape index (κ2) is 8.75. The number of fused-ring (bicyclic) bond motifs is 1. The smallest absolute Gasteiger partial charge is 0.378 e. The first kappa shape index (κ1) is 21.8. The molecule has 1 aliphatic heterocycles. The maximum Gasteiger partial charge on any atom is 0.417 e. The van der Waals surface area contributed by atoms with Crippen molar-refractivity contribution in [2.75, 3.05) is 36.5 Å². The number of alkyl halides is 3. The number of nitrogens with zero attached hydrogens (tertiary/aromatic N) is 5. The quantitative estimate of drug-likeness (QED) is 0.489. The van der Waals surface area contributed by atoms with E-state index in [1.165, 1.54) is 41.2 Å². The molecule has 0 bridgehead atoms. The van der Waals surface area contributed by atoms with E-state index < -0.39 is 17.6 Å². The minimum Gasteiger partial charge on any atom is -0.378 e. The van der Waals surface area contributed by atoms with Crippen molar-refractivity contribution in [2.45, 2.75) is 6.18 Å². The third-order valence-corrected chi connectivity index (χ3v) is 5.43. The Bertz CT molecular complexity index is 1350. The molecular weight excluding hydrogens is 449 g/mol. The highest BCUT2D eigenvalue weighted by Gasteiger charge is 2.33. The van der Waals surface area contributed by atoms with Crippen LogP contribution >= 0.6 is 0 Å². The number of pyridine rings is 1. The zero-order chi connectivity index (χ0) is 23.7. The first-order valence-electron chi connectivity index (χ1n) is 10.5. The fourth-order valence-electron chi connectivity index (χ4n) is 3.77. The molecule has 5 rings (SSSR count). The molecule has 0 aliphatic carbocycles.